The van der Waals surface area contributed by atoms with Crippen LogP contribution in [0, 0.1) is 17.8 Å². The molecule has 24 heteroatoms. The maximum absolute atomic E-state index is 14.4. The van der Waals surface area contributed by atoms with Crippen LogP contribution in [0.2, 0.25) is 0 Å². The summed E-state index contributed by atoms with van der Waals surface area (Å²) in [6.45, 7) is 5.86. The van der Waals surface area contributed by atoms with E-state index < -0.39 is 177 Å². The number of primary amides is 1. The van der Waals surface area contributed by atoms with Gasteiger partial charge in [0.2, 0.25) is 41.4 Å². The van der Waals surface area contributed by atoms with E-state index in [1.54, 1.807) is 0 Å². The number of ketones is 3. The summed E-state index contributed by atoms with van der Waals surface area (Å²) >= 11 is 0. The summed E-state index contributed by atoms with van der Waals surface area (Å²) in [6, 6.07) is -5.10. The number of nitrogens with two attached hydrogens (primary N) is 1. The van der Waals surface area contributed by atoms with Crippen LogP contribution in [0.25, 0.3) is 0 Å². The second-order valence-electron chi connectivity index (χ2n) is 20.9. The summed E-state index contributed by atoms with van der Waals surface area (Å²) in [6.07, 6.45) is -7.16. The number of aliphatic hydroxyl groups excluding tert-OH is 6. The number of fused-ring (bicyclic) bond motifs is 2. The lowest BCUT2D eigenvalue weighted by atomic mass is 9.87. The van der Waals surface area contributed by atoms with Gasteiger partial charge in [-0.2, -0.15) is 0 Å². The topological polar surface area (TPSA) is 393 Å². The van der Waals surface area contributed by atoms with E-state index >= 15 is 0 Å². The molecule has 3 fully saturated rings. The number of unbranched alkanes of at least 4 members (excludes halogenated alkanes) is 5. The van der Waals surface area contributed by atoms with E-state index in [2.05, 4.69) is 42.0 Å². The molecule has 7 amide bonds. The van der Waals surface area contributed by atoms with Crippen LogP contribution in [0.15, 0.2) is 24.3 Å². The molecule has 12 unspecified atom stereocenters. The minimum Gasteiger partial charge on any atom is -0.508 e. The number of carbonyl (C=O) groups is 10. The Kier molecular flexibility index (Phi) is 24.4. The molecule has 1 aromatic rings. The van der Waals surface area contributed by atoms with E-state index in [0.717, 1.165) is 74.6 Å². The second kappa shape index (κ2) is 29.6. The van der Waals surface area contributed by atoms with Gasteiger partial charge >= 0.3 is 0 Å². The highest BCUT2D eigenvalue weighted by molar-refractivity contribution is 6.06. The average molecular weight is 1070 g/mol. The Hall–Kier alpha value is -5.92. The molecule has 0 aliphatic carbocycles. The molecule has 1 aromatic carbocycles. The summed E-state index contributed by atoms with van der Waals surface area (Å²) < 4.78 is 0. The molecule has 3 aliphatic heterocycles. The normalized spacial score (nSPS) is 27.6. The first-order valence-corrected chi connectivity index (χ1v) is 26.4. The van der Waals surface area contributed by atoms with Gasteiger partial charge in [0.15, 0.2) is 17.3 Å². The number of nitrogens with zero attached hydrogens (tertiary/aromatic N) is 2. The highest BCUT2D eigenvalue weighted by Crippen LogP contribution is 2.27. The number of amides is 7. The fourth-order valence-electron chi connectivity index (χ4n) is 9.93. The van der Waals surface area contributed by atoms with Crippen LogP contribution in [0.3, 0.4) is 0 Å². The zero-order valence-electron chi connectivity index (χ0n) is 43.8. The first kappa shape index (κ1) is 62.6. The van der Waals surface area contributed by atoms with Crippen molar-refractivity contribution in [2.75, 3.05) is 19.6 Å². The molecule has 0 spiro atoms. The predicted octanol–water partition coefficient (Wildman–Crippen LogP) is -1.85. The Morgan fingerprint density at radius 3 is 2.01 bits per heavy atom. The predicted molar refractivity (Wildman–Crippen MR) is 270 cm³/mol. The zero-order valence-corrected chi connectivity index (χ0v) is 43.8. The number of rotatable bonds is 20. The van der Waals surface area contributed by atoms with Gasteiger partial charge in [0.25, 0.3) is 0 Å². The largest absolute Gasteiger partial charge is 0.508 e. The van der Waals surface area contributed by atoms with E-state index in [1.165, 1.54) is 6.42 Å². The third kappa shape index (κ3) is 17.8. The molecule has 3 aliphatic rings. The fourth-order valence-corrected chi connectivity index (χ4v) is 9.93. The number of aromatic hydroxyl groups is 1. The zero-order chi connectivity index (χ0) is 56.6. The lowest BCUT2D eigenvalue weighted by molar-refractivity contribution is -0.148. The summed E-state index contributed by atoms with van der Waals surface area (Å²) in [7, 11) is 0. The summed E-state index contributed by atoms with van der Waals surface area (Å²) in [5.41, 5.74) is 5.05. The van der Waals surface area contributed by atoms with Crippen molar-refractivity contribution in [3.63, 3.8) is 0 Å². The molecule has 76 heavy (non-hydrogen) atoms. The van der Waals surface area contributed by atoms with Crippen LogP contribution in [-0.2, 0) is 43.2 Å². The maximum Gasteiger partial charge on any atom is 0.248 e. The molecule has 0 radical (unpaired) electrons. The van der Waals surface area contributed by atoms with Crippen molar-refractivity contribution in [2.24, 2.45) is 23.5 Å². The number of nitrogens with one attached hydrogen (secondary N) is 4. The lowest BCUT2D eigenvalue weighted by Gasteiger charge is -2.33. The third-order valence-corrected chi connectivity index (χ3v) is 14.6. The second-order valence-corrected chi connectivity index (χ2v) is 20.9. The number of aliphatic hydroxyl groups is 6. The first-order chi connectivity index (χ1) is 35.8. The minimum absolute atomic E-state index is 0.0591. The smallest absolute Gasteiger partial charge is 0.248 e. The number of Topliss-reactive ketones (excluding diaryl/α,β-unsaturated/α-hetero) is 3. The van der Waals surface area contributed by atoms with Gasteiger partial charge in [0, 0.05) is 44.3 Å². The number of phenols is 1. The Morgan fingerprint density at radius 2 is 1.38 bits per heavy atom. The van der Waals surface area contributed by atoms with E-state index in [1.807, 2.05) is 0 Å². The van der Waals surface area contributed by atoms with Crippen LogP contribution in [0.5, 0.6) is 5.75 Å². The van der Waals surface area contributed by atoms with Gasteiger partial charge in [-0.25, -0.2) is 0 Å². The molecule has 3 heterocycles. The lowest BCUT2D eigenvalue weighted by Crippen LogP contribution is -2.61. The maximum atomic E-state index is 14.4. The number of hydrogen-bond acceptors (Lipinski definition) is 17. The molecule has 14 atom stereocenters. The minimum atomic E-state index is -2.46. The van der Waals surface area contributed by atoms with Gasteiger partial charge in [-0.1, -0.05) is 65.7 Å². The van der Waals surface area contributed by atoms with E-state index in [-0.39, 0.29) is 24.2 Å². The van der Waals surface area contributed by atoms with Gasteiger partial charge in [0.05, 0.1) is 55.4 Å². The molecule has 0 aromatic heterocycles. The number of β-amino-alcohol motifs (C(OH)–C–C–N with tert-alkyl or cyclic N) is 1. The molecule has 0 bridgehead atoms. The van der Waals surface area contributed by atoms with Crippen molar-refractivity contribution in [1.29, 1.82) is 0 Å². The van der Waals surface area contributed by atoms with E-state index in [4.69, 9.17) is 5.73 Å². The van der Waals surface area contributed by atoms with Gasteiger partial charge in [-0.3, -0.25) is 47.9 Å². The molecule has 424 valence electrons. The van der Waals surface area contributed by atoms with Crippen molar-refractivity contribution in [3.05, 3.63) is 29.8 Å². The SMILES string of the molecule is CCC(C)CC(C)CCCCCCCCC(=O)NC1C[C@@H](O)C(O)CNC(=O)C2C(O)CCN2C(=O)C([C@H](O)CC(N)=O)NC(=O)C(C(O)C(=O)c2ccc(O)cc2)CC(=O)C2CC(=O)CN2C(=O)C(C(C)O)NC1=O. The number of hydrogen-bond donors (Lipinski definition) is 12. The molecule has 24 nitrogen and oxygen atoms in total. The van der Waals surface area contributed by atoms with Crippen LogP contribution in [0.1, 0.15) is 134 Å². The number of carbonyl (C=O) groups excluding carboxylic acids is 10. The van der Waals surface area contributed by atoms with Crippen LogP contribution < -0.4 is 27.0 Å². The molecular formula is C52H79N7O17. The van der Waals surface area contributed by atoms with Crippen molar-refractivity contribution in [3.8, 4) is 5.75 Å². The van der Waals surface area contributed by atoms with E-state index in [0.29, 0.717) is 29.6 Å². The standard InChI is InChI=1S/C52H79N7O17/c1-5-27(2)20-28(3)12-10-8-6-7-9-11-13-42(69)55-34-23-38(65)40(67)25-54-50(74)45-36(63)18-19-58(45)52(76)44(39(66)24-41(53)68)57-48(72)33(47(71)46(70)30-14-16-31(61)17-15-30)22-37(64)35-21-32(62)26-59(35)51(75)43(29(4)60)56-49(34)73/h14-17,27-29,33-36,38-40,43-45,47,60-61,63,65-67,71H,5-13,18-26H2,1-4H3,(H2,53,68)(H,54,74)(H,55,69)(H,56,73)(H,57,72)/t27?,28?,29?,33?,34?,35?,36?,38-,39-,40?,43?,44?,45?,47?/m1/s1. The monoisotopic (exact) mass is 1070 g/mol. The van der Waals surface area contributed by atoms with Crippen molar-refractivity contribution < 1.29 is 83.7 Å². The van der Waals surface area contributed by atoms with Gasteiger partial charge in [-0.05, 0) is 62.3 Å². The Bertz CT molecular complexity index is 2210. The summed E-state index contributed by atoms with van der Waals surface area (Å²) in [5, 5.41) is 86.2. The fraction of sp³-hybridized carbons (Fsp3) is 0.692. The van der Waals surface area contributed by atoms with Crippen LogP contribution in [0.4, 0.5) is 0 Å². The van der Waals surface area contributed by atoms with E-state index in [9.17, 15) is 83.7 Å². The molecule has 4 rings (SSSR count). The molecule has 13 N–H and O–H groups in total. The molecule has 3 saturated heterocycles. The quantitative estimate of drug-likeness (QED) is 0.0504. The highest BCUT2D eigenvalue weighted by Gasteiger charge is 2.48. The first-order valence-electron chi connectivity index (χ1n) is 26.4. The molecular weight excluding hydrogens is 995 g/mol. The van der Waals surface area contributed by atoms with Gasteiger partial charge < -0.3 is 72.5 Å². The van der Waals surface area contributed by atoms with Crippen LogP contribution in [-0.4, -0.2) is 191 Å². The van der Waals surface area contributed by atoms with Crippen LogP contribution >= 0.6 is 0 Å². The van der Waals surface area contributed by atoms with Gasteiger partial charge in [0.1, 0.15) is 36.0 Å². The van der Waals surface area contributed by atoms with Gasteiger partial charge in [-0.15, -0.1) is 0 Å². The Morgan fingerprint density at radius 1 is 0.763 bits per heavy atom. The average Bonchev–Trinajstić information content (AvgIpc) is 3.96. The summed E-state index contributed by atoms with van der Waals surface area (Å²) in [4.78, 5) is 139. The van der Waals surface area contributed by atoms with Crippen molar-refractivity contribution >= 4 is 58.7 Å². The van der Waals surface area contributed by atoms with Crippen molar-refractivity contribution in [2.45, 2.75) is 191 Å². The Labute approximate surface area is 441 Å². The summed E-state index contributed by atoms with van der Waals surface area (Å²) in [5.74, 6) is -12.3. The molecule has 0 saturated carbocycles. The number of benzene rings is 1. The Balaban J connectivity index is 1.68. The number of phenolic OH excluding ortho intramolecular Hbond substituents is 1. The highest BCUT2D eigenvalue weighted by atomic mass is 16.3. The third-order valence-electron chi connectivity index (χ3n) is 14.6. The van der Waals surface area contributed by atoms with Crippen molar-refractivity contribution in [1.82, 2.24) is 31.1 Å².